The first-order chi connectivity index (χ1) is 16.8. The Hall–Kier alpha value is -3.27. The van der Waals surface area contributed by atoms with Crippen LogP contribution in [0, 0.1) is 12.8 Å². The zero-order valence-corrected chi connectivity index (χ0v) is 20.4. The third-order valence-electron chi connectivity index (χ3n) is 6.65. The van der Waals surface area contributed by atoms with Gasteiger partial charge < -0.3 is 14.2 Å². The second kappa shape index (κ2) is 9.07. The minimum Gasteiger partial charge on any atom is -0.497 e. The molecule has 5 rings (SSSR count). The lowest BCUT2D eigenvalue weighted by Gasteiger charge is -2.36. The zero-order valence-electron chi connectivity index (χ0n) is 19.6. The molecular formula is C25H25FN2O6S. The summed E-state index contributed by atoms with van der Waals surface area (Å²) in [5.41, 5.74) is 1.24. The average Bonchev–Trinajstić information content (AvgIpc) is 3.37. The van der Waals surface area contributed by atoms with E-state index in [1.165, 1.54) is 12.0 Å². The Labute approximate surface area is 205 Å². The molecule has 1 amide bonds. The summed E-state index contributed by atoms with van der Waals surface area (Å²) < 4.78 is 30.8. The number of fused-ring (bicyclic) bond motifs is 1. The van der Waals surface area contributed by atoms with Gasteiger partial charge in [-0.05, 0) is 50.8 Å². The standard InChI is InChI=1S/C25H25FN2O6S/c1-4-33-24(31)22-12(2)27-25(35-22)28-19(13-6-5-7-15(10-13)32-3)18-20(29)16-11-14(26)8-9-17(16)34-21(18)23(28)30/h5-7,10,14,16-17,19H,4,8-9,11H2,1-3H3. The van der Waals surface area contributed by atoms with Crippen molar-refractivity contribution >= 4 is 34.1 Å². The molecule has 8 nitrogen and oxygen atoms in total. The Morgan fingerprint density at radius 1 is 1.31 bits per heavy atom. The van der Waals surface area contributed by atoms with Gasteiger partial charge in [-0.1, -0.05) is 23.5 Å². The Morgan fingerprint density at radius 3 is 2.86 bits per heavy atom. The fourth-order valence-electron chi connectivity index (χ4n) is 5.01. The molecule has 1 aromatic carbocycles. The Bertz CT molecular complexity index is 1240. The van der Waals surface area contributed by atoms with E-state index in [0.29, 0.717) is 29.8 Å². The lowest BCUT2D eigenvalue weighted by molar-refractivity contribution is -0.133. The molecular weight excluding hydrogens is 475 g/mol. The van der Waals surface area contributed by atoms with E-state index >= 15 is 0 Å². The number of ketones is 1. The lowest BCUT2D eigenvalue weighted by atomic mass is 9.77. The van der Waals surface area contributed by atoms with Crippen molar-refractivity contribution in [1.29, 1.82) is 0 Å². The summed E-state index contributed by atoms with van der Waals surface area (Å²) in [6, 6.07) is 6.21. The number of nitrogens with zero attached hydrogens (tertiary/aromatic N) is 2. The van der Waals surface area contributed by atoms with Gasteiger partial charge in [0.25, 0.3) is 5.91 Å². The smallest absolute Gasteiger partial charge is 0.350 e. The predicted octanol–water partition coefficient (Wildman–Crippen LogP) is 4.08. The summed E-state index contributed by atoms with van der Waals surface area (Å²) >= 11 is 1.02. The van der Waals surface area contributed by atoms with Gasteiger partial charge in [0.05, 0.1) is 36.9 Å². The number of methoxy groups -OCH3 is 1. The van der Waals surface area contributed by atoms with Crippen LogP contribution in [0.15, 0.2) is 35.6 Å². The maximum atomic E-state index is 14.2. The lowest BCUT2D eigenvalue weighted by Crippen LogP contribution is -2.42. The van der Waals surface area contributed by atoms with Crippen molar-refractivity contribution in [2.75, 3.05) is 18.6 Å². The molecule has 3 heterocycles. The SMILES string of the molecule is CCOC(=O)c1sc(N2C(=O)C3=C(C(=O)C4CC(F)CCC4O3)C2c2cccc(OC)c2)nc1C. The molecule has 4 atom stereocenters. The quantitative estimate of drug-likeness (QED) is 0.571. The minimum atomic E-state index is -1.08. The summed E-state index contributed by atoms with van der Waals surface area (Å²) in [5, 5.41) is 0.250. The number of benzene rings is 1. The summed E-state index contributed by atoms with van der Waals surface area (Å²) in [6.45, 7) is 3.58. The molecule has 0 spiro atoms. The van der Waals surface area contributed by atoms with Crippen molar-refractivity contribution in [1.82, 2.24) is 4.98 Å². The topological polar surface area (TPSA) is 95.0 Å². The molecule has 0 bridgehead atoms. The van der Waals surface area contributed by atoms with Crippen LogP contribution in [0.1, 0.15) is 53.2 Å². The Morgan fingerprint density at radius 2 is 2.11 bits per heavy atom. The second-order valence-corrected chi connectivity index (χ2v) is 9.74. The minimum absolute atomic E-state index is 0.0214. The molecule has 1 fully saturated rings. The fraction of sp³-hybridized carbons (Fsp3) is 0.440. The van der Waals surface area contributed by atoms with Crippen molar-refractivity contribution in [3.05, 3.63) is 51.7 Å². The highest BCUT2D eigenvalue weighted by molar-refractivity contribution is 7.17. The molecule has 2 aromatic rings. The molecule has 0 radical (unpaired) electrons. The van der Waals surface area contributed by atoms with Gasteiger partial charge in [-0.25, -0.2) is 14.2 Å². The molecule has 0 N–H and O–H groups in total. The van der Waals surface area contributed by atoms with E-state index in [2.05, 4.69) is 4.98 Å². The van der Waals surface area contributed by atoms with Crippen molar-refractivity contribution in [3.63, 3.8) is 0 Å². The number of anilines is 1. The number of alkyl halides is 1. The number of aromatic nitrogens is 1. The Balaban J connectivity index is 1.63. The molecule has 1 saturated carbocycles. The number of Topliss-reactive ketones (excluding diaryl/α,β-unsaturated/α-hetero) is 1. The van der Waals surface area contributed by atoms with Crippen LogP contribution in [0.25, 0.3) is 0 Å². The van der Waals surface area contributed by atoms with Crippen LogP contribution in [-0.4, -0.2) is 48.6 Å². The largest absolute Gasteiger partial charge is 0.497 e. The molecule has 184 valence electrons. The van der Waals surface area contributed by atoms with Gasteiger partial charge in [0.1, 0.15) is 22.9 Å². The summed E-state index contributed by atoms with van der Waals surface area (Å²) in [4.78, 5) is 46.0. The van der Waals surface area contributed by atoms with Crippen LogP contribution in [0.2, 0.25) is 0 Å². The van der Waals surface area contributed by atoms with Crippen LogP contribution in [0.4, 0.5) is 9.52 Å². The monoisotopic (exact) mass is 500 g/mol. The van der Waals surface area contributed by atoms with E-state index in [1.807, 2.05) is 0 Å². The number of halogens is 1. The van der Waals surface area contributed by atoms with Crippen LogP contribution in [0.3, 0.4) is 0 Å². The van der Waals surface area contributed by atoms with Crippen molar-refractivity contribution in [2.24, 2.45) is 5.92 Å². The number of thiazole rings is 1. The molecule has 1 aromatic heterocycles. The van der Waals surface area contributed by atoms with Crippen molar-refractivity contribution in [3.8, 4) is 5.75 Å². The number of carbonyl (C=O) groups is 3. The van der Waals surface area contributed by atoms with Gasteiger partial charge in [0.15, 0.2) is 16.7 Å². The molecule has 35 heavy (non-hydrogen) atoms. The molecule has 1 aliphatic carbocycles. The summed E-state index contributed by atoms with van der Waals surface area (Å²) in [5.74, 6) is -1.43. The van der Waals surface area contributed by atoms with Crippen molar-refractivity contribution < 1.29 is 33.0 Å². The number of carbonyl (C=O) groups excluding carboxylic acids is 3. The first-order valence-electron chi connectivity index (χ1n) is 11.5. The molecule has 3 aliphatic rings. The summed E-state index contributed by atoms with van der Waals surface area (Å²) in [6.07, 6.45) is -0.875. The van der Waals surface area contributed by atoms with E-state index in [-0.39, 0.29) is 40.2 Å². The normalized spacial score (nSPS) is 25.8. The van der Waals surface area contributed by atoms with Crippen LogP contribution in [-0.2, 0) is 19.1 Å². The number of amides is 1. The van der Waals surface area contributed by atoms with Crippen LogP contribution >= 0.6 is 11.3 Å². The number of hydrogen-bond donors (Lipinski definition) is 0. The van der Waals surface area contributed by atoms with Crippen LogP contribution in [0.5, 0.6) is 5.75 Å². The van der Waals surface area contributed by atoms with Gasteiger partial charge in [-0.2, -0.15) is 0 Å². The highest BCUT2D eigenvalue weighted by Gasteiger charge is 2.54. The number of rotatable bonds is 5. The molecule has 2 aliphatic heterocycles. The highest BCUT2D eigenvalue weighted by Crippen LogP contribution is 2.49. The average molecular weight is 501 g/mol. The zero-order chi connectivity index (χ0) is 24.9. The highest BCUT2D eigenvalue weighted by atomic mass is 32.1. The molecule has 0 saturated heterocycles. The van der Waals surface area contributed by atoms with E-state index in [0.717, 1.165) is 11.3 Å². The van der Waals surface area contributed by atoms with Gasteiger partial charge in [0.2, 0.25) is 0 Å². The number of aryl methyl sites for hydroxylation is 1. The van der Waals surface area contributed by atoms with E-state index in [4.69, 9.17) is 14.2 Å². The van der Waals surface area contributed by atoms with Crippen LogP contribution < -0.4 is 9.64 Å². The van der Waals surface area contributed by atoms with E-state index in [1.54, 1.807) is 38.1 Å². The van der Waals surface area contributed by atoms with E-state index in [9.17, 15) is 18.8 Å². The first kappa shape index (κ1) is 23.5. The van der Waals surface area contributed by atoms with Gasteiger partial charge in [0, 0.05) is 0 Å². The van der Waals surface area contributed by atoms with E-state index < -0.39 is 36.1 Å². The fourth-order valence-corrected chi connectivity index (χ4v) is 6.00. The van der Waals surface area contributed by atoms with Gasteiger partial charge in [-0.3, -0.25) is 14.5 Å². The number of ether oxygens (including phenoxy) is 3. The summed E-state index contributed by atoms with van der Waals surface area (Å²) in [7, 11) is 1.53. The molecule has 4 unspecified atom stereocenters. The first-order valence-corrected chi connectivity index (χ1v) is 12.4. The number of esters is 1. The second-order valence-electron chi connectivity index (χ2n) is 8.77. The van der Waals surface area contributed by atoms with Gasteiger partial charge in [-0.15, -0.1) is 0 Å². The van der Waals surface area contributed by atoms with Gasteiger partial charge >= 0.3 is 5.97 Å². The maximum Gasteiger partial charge on any atom is 0.350 e. The maximum absolute atomic E-state index is 14.2. The molecule has 10 heteroatoms. The Kier molecular flexibility index (Phi) is 6.08. The third-order valence-corrected chi connectivity index (χ3v) is 7.78. The number of hydrogen-bond acceptors (Lipinski definition) is 8. The third kappa shape index (κ3) is 3.89. The predicted molar refractivity (Wildman–Crippen MR) is 125 cm³/mol. The van der Waals surface area contributed by atoms with Crippen molar-refractivity contribution in [2.45, 2.75) is 51.4 Å².